The second-order valence-corrected chi connectivity index (χ2v) is 7.44. The van der Waals surface area contributed by atoms with Crippen LogP contribution in [0.1, 0.15) is 25.5 Å². The molecule has 1 fully saturated rings. The highest BCUT2D eigenvalue weighted by Crippen LogP contribution is 2.31. The van der Waals surface area contributed by atoms with Gasteiger partial charge in [-0.1, -0.05) is 0 Å². The molecule has 20 heavy (non-hydrogen) atoms. The van der Waals surface area contributed by atoms with Crippen molar-refractivity contribution in [2.75, 3.05) is 19.7 Å². The minimum absolute atomic E-state index is 0.139. The molecule has 114 valence electrons. The van der Waals surface area contributed by atoms with Gasteiger partial charge in [0.1, 0.15) is 10.7 Å². The normalized spacial score (nSPS) is 18.6. The van der Waals surface area contributed by atoms with Crippen LogP contribution >= 0.6 is 27.5 Å². The Kier molecular flexibility index (Phi) is 5.53. The first-order valence-corrected chi connectivity index (χ1v) is 9.21. The van der Waals surface area contributed by atoms with Crippen LogP contribution in [0.2, 0.25) is 0 Å². The third-order valence-corrected chi connectivity index (χ3v) is 6.28. The van der Waals surface area contributed by atoms with Crippen LogP contribution in [0.25, 0.3) is 0 Å². The topological polar surface area (TPSA) is 59.8 Å². The van der Waals surface area contributed by atoms with Gasteiger partial charge in [0, 0.05) is 25.8 Å². The molecule has 2 rings (SSSR count). The molecule has 0 radical (unpaired) electrons. The molecule has 0 bridgehead atoms. The molecule has 0 aromatic carbocycles. The molecule has 0 spiro atoms. The third-order valence-electron chi connectivity index (χ3n) is 3.26. The standard InChI is InChI=1S/C12H17BrClNO4S/c1-2-18-9-3-5-15(6-4-9)20(16,17)11-7-10(8-14)19-12(11)13/h7,9H,2-6,8H2,1H3. The first kappa shape index (κ1) is 16.3. The Hall–Kier alpha value is -0.0800. The maximum Gasteiger partial charge on any atom is 0.247 e. The van der Waals surface area contributed by atoms with Gasteiger partial charge in [-0.25, -0.2) is 8.42 Å². The Morgan fingerprint density at radius 3 is 2.65 bits per heavy atom. The minimum Gasteiger partial charge on any atom is -0.452 e. The van der Waals surface area contributed by atoms with Gasteiger partial charge in [0.25, 0.3) is 0 Å². The highest BCUT2D eigenvalue weighted by molar-refractivity contribution is 9.10. The van der Waals surface area contributed by atoms with Crippen molar-refractivity contribution in [3.05, 3.63) is 16.5 Å². The molecule has 2 heterocycles. The van der Waals surface area contributed by atoms with Gasteiger partial charge in [0.05, 0.1) is 12.0 Å². The van der Waals surface area contributed by atoms with Gasteiger partial charge >= 0.3 is 0 Å². The number of alkyl halides is 1. The number of hydrogen-bond donors (Lipinski definition) is 0. The average molecular weight is 387 g/mol. The zero-order valence-electron chi connectivity index (χ0n) is 11.1. The van der Waals surface area contributed by atoms with E-state index in [1.165, 1.54) is 10.4 Å². The van der Waals surface area contributed by atoms with E-state index in [1.807, 2.05) is 6.92 Å². The lowest BCUT2D eigenvalue weighted by atomic mass is 10.1. The highest BCUT2D eigenvalue weighted by atomic mass is 79.9. The van der Waals surface area contributed by atoms with Crippen molar-refractivity contribution in [2.24, 2.45) is 0 Å². The Bertz CT molecular complexity index is 552. The maximum absolute atomic E-state index is 12.6. The smallest absolute Gasteiger partial charge is 0.247 e. The molecular weight excluding hydrogens is 370 g/mol. The summed E-state index contributed by atoms with van der Waals surface area (Å²) in [5.41, 5.74) is 0. The predicted octanol–water partition coefficient (Wildman–Crippen LogP) is 2.97. The predicted molar refractivity (Wildman–Crippen MR) is 79.4 cm³/mol. The van der Waals surface area contributed by atoms with Crippen LogP contribution in [0, 0.1) is 0 Å². The van der Waals surface area contributed by atoms with Crippen LogP contribution in [0.15, 0.2) is 20.0 Å². The van der Waals surface area contributed by atoms with Gasteiger partial charge in [0.2, 0.25) is 10.0 Å². The number of piperidine rings is 1. The van der Waals surface area contributed by atoms with E-state index < -0.39 is 10.0 Å². The van der Waals surface area contributed by atoms with Gasteiger partial charge in [-0.15, -0.1) is 11.6 Å². The molecule has 0 amide bonds. The molecule has 0 unspecified atom stereocenters. The van der Waals surface area contributed by atoms with E-state index in [0.29, 0.717) is 38.3 Å². The number of rotatable bonds is 5. The number of hydrogen-bond acceptors (Lipinski definition) is 4. The van der Waals surface area contributed by atoms with E-state index in [-0.39, 0.29) is 21.5 Å². The molecule has 0 N–H and O–H groups in total. The quantitative estimate of drug-likeness (QED) is 0.730. The number of halogens is 2. The van der Waals surface area contributed by atoms with Gasteiger partial charge in [-0.3, -0.25) is 0 Å². The van der Waals surface area contributed by atoms with Crippen molar-refractivity contribution >= 4 is 37.6 Å². The third kappa shape index (κ3) is 3.39. The summed E-state index contributed by atoms with van der Waals surface area (Å²) >= 11 is 8.80. The van der Waals surface area contributed by atoms with Gasteiger partial charge in [-0.05, 0) is 35.7 Å². The van der Waals surface area contributed by atoms with Crippen molar-refractivity contribution in [1.82, 2.24) is 4.31 Å². The summed E-state index contributed by atoms with van der Waals surface area (Å²) in [5, 5.41) is 0. The number of sulfonamides is 1. The Morgan fingerprint density at radius 1 is 1.50 bits per heavy atom. The summed E-state index contributed by atoms with van der Waals surface area (Å²) in [5.74, 6) is 0.571. The van der Waals surface area contributed by atoms with Crippen molar-refractivity contribution in [2.45, 2.75) is 36.6 Å². The summed E-state index contributed by atoms with van der Waals surface area (Å²) in [6.07, 6.45) is 1.58. The molecule has 1 aliphatic heterocycles. The Morgan fingerprint density at radius 2 is 2.15 bits per heavy atom. The number of nitrogens with zero attached hydrogens (tertiary/aromatic N) is 1. The maximum atomic E-state index is 12.6. The second kappa shape index (κ2) is 6.79. The van der Waals surface area contributed by atoms with Crippen LogP contribution in [-0.4, -0.2) is 38.5 Å². The van der Waals surface area contributed by atoms with Crippen molar-refractivity contribution in [3.63, 3.8) is 0 Å². The summed E-state index contributed by atoms with van der Waals surface area (Å²) in [4.78, 5) is 0.142. The lowest BCUT2D eigenvalue weighted by Gasteiger charge is -2.30. The van der Waals surface area contributed by atoms with Crippen molar-refractivity contribution in [3.8, 4) is 0 Å². The van der Waals surface area contributed by atoms with Crippen LogP contribution in [0.4, 0.5) is 0 Å². The molecule has 1 aromatic heterocycles. The van der Waals surface area contributed by atoms with Crippen molar-refractivity contribution in [1.29, 1.82) is 0 Å². The van der Waals surface area contributed by atoms with E-state index in [4.69, 9.17) is 20.8 Å². The van der Waals surface area contributed by atoms with E-state index in [0.717, 1.165) is 0 Å². The first-order valence-electron chi connectivity index (χ1n) is 6.45. The van der Waals surface area contributed by atoms with Gasteiger partial charge < -0.3 is 9.15 Å². The molecule has 1 aliphatic rings. The lowest BCUT2D eigenvalue weighted by molar-refractivity contribution is 0.0290. The molecule has 8 heteroatoms. The number of furan rings is 1. The van der Waals surface area contributed by atoms with Crippen LogP contribution in [-0.2, 0) is 20.6 Å². The summed E-state index contributed by atoms with van der Waals surface area (Å²) in [7, 11) is -3.54. The zero-order chi connectivity index (χ0) is 14.8. The van der Waals surface area contributed by atoms with Crippen LogP contribution < -0.4 is 0 Å². The molecule has 0 saturated carbocycles. The summed E-state index contributed by atoms with van der Waals surface area (Å²) < 4.78 is 37.6. The molecule has 0 aliphatic carbocycles. The molecule has 5 nitrogen and oxygen atoms in total. The molecular formula is C12H17BrClNO4S. The van der Waals surface area contributed by atoms with Gasteiger partial charge in [0.15, 0.2) is 4.67 Å². The zero-order valence-corrected chi connectivity index (χ0v) is 14.3. The van der Waals surface area contributed by atoms with E-state index in [2.05, 4.69) is 15.9 Å². The largest absolute Gasteiger partial charge is 0.452 e. The Balaban J connectivity index is 2.13. The van der Waals surface area contributed by atoms with E-state index in [1.54, 1.807) is 0 Å². The lowest BCUT2D eigenvalue weighted by Crippen LogP contribution is -2.40. The molecule has 0 atom stereocenters. The molecule has 1 saturated heterocycles. The summed E-state index contributed by atoms with van der Waals surface area (Å²) in [6, 6.07) is 1.47. The monoisotopic (exact) mass is 385 g/mol. The Labute approximate surface area is 132 Å². The van der Waals surface area contributed by atoms with Crippen LogP contribution in [0.5, 0.6) is 0 Å². The molecule has 1 aromatic rings. The van der Waals surface area contributed by atoms with E-state index in [9.17, 15) is 8.42 Å². The average Bonchev–Trinajstić information content (AvgIpc) is 2.82. The second-order valence-electron chi connectivity index (χ2n) is 4.54. The summed E-state index contributed by atoms with van der Waals surface area (Å²) in [6.45, 7) is 3.52. The first-order chi connectivity index (χ1) is 9.48. The number of ether oxygens (including phenoxy) is 1. The van der Waals surface area contributed by atoms with Crippen molar-refractivity contribution < 1.29 is 17.6 Å². The SMILES string of the molecule is CCOC1CCN(S(=O)(=O)c2cc(CCl)oc2Br)CC1. The fraction of sp³-hybridized carbons (Fsp3) is 0.667. The highest BCUT2D eigenvalue weighted by Gasteiger charge is 2.32. The fourth-order valence-electron chi connectivity index (χ4n) is 2.25. The van der Waals surface area contributed by atoms with Gasteiger partial charge in [-0.2, -0.15) is 4.31 Å². The van der Waals surface area contributed by atoms with Crippen LogP contribution in [0.3, 0.4) is 0 Å². The fourth-order valence-corrected chi connectivity index (χ4v) is 4.82. The van der Waals surface area contributed by atoms with E-state index >= 15 is 0 Å². The minimum atomic E-state index is -3.54.